The van der Waals surface area contributed by atoms with E-state index in [9.17, 15) is 9.18 Å². The molecule has 0 saturated carbocycles. The minimum absolute atomic E-state index is 0.228. The molecule has 14 heavy (non-hydrogen) atoms. The number of carbonyl (C=O) groups is 1. The molecule has 0 atom stereocenters. The molecule has 1 heterocycles. The number of esters is 1. The minimum atomic E-state index is -1.03. The normalized spacial score (nSPS) is 18.1. The van der Waals surface area contributed by atoms with E-state index in [1.165, 1.54) is 18.2 Å². The SMILES string of the molecule is CC1(C)OC(=O)c2ccc(F)cc2O1. The van der Waals surface area contributed by atoms with Gasteiger partial charge in [0, 0.05) is 19.9 Å². The first kappa shape index (κ1) is 8.99. The molecule has 0 unspecified atom stereocenters. The fraction of sp³-hybridized carbons (Fsp3) is 0.300. The third-order valence-electron chi connectivity index (χ3n) is 1.86. The van der Waals surface area contributed by atoms with Crippen LogP contribution in [0.5, 0.6) is 5.75 Å². The summed E-state index contributed by atoms with van der Waals surface area (Å²) in [5.41, 5.74) is 0.255. The maximum absolute atomic E-state index is 12.8. The van der Waals surface area contributed by atoms with E-state index in [2.05, 4.69) is 0 Å². The molecule has 0 amide bonds. The Hall–Kier alpha value is -1.58. The van der Waals surface area contributed by atoms with E-state index in [4.69, 9.17) is 9.47 Å². The average molecular weight is 196 g/mol. The van der Waals surface area contributed by atoms with Gasteiger partial charge in [-0.2, -0.15) is 0 Å². The monoisotopic (exact) mass is 196 g/mol. The van der Waals surface area contributed by atoms with Crippen LogP contribution in [-0.4, -0.2) is 11.8 Å². The molecule has 2 rings (SSSR count). The van der Waals surface area contributed by atoms with Crippen LogP contribution in [0.2, 0.25) is 0 Å². The van der Waals surface area contributed by atoms with Crippen molar-refractivity contribution in [2.75, 3.05) is 0 Å². The fourth-order valence-electron chi connectivity index (χ4n) is 1.31. The highest BCUT2D eigenvalue weighted by molar-refractivity contribution is 5.93. The average Bonchev–Trinajstić information content (AvgIpc) is 2.00. The predicted octanol–water partition coefficient (Wildman–Crippen LogP) is 2.11. The molecule has 0 spiro atoms. The van der Waals surface area contributed by atoms with Crippen molar-refractivity contribution in [3.8, 4) is 5.75 Å². The zero-order valence-corrected chi connectivity index (χ0v) is 7.83. The molecule has 0 saturated heterocycles. The van der Waals surface area contributed by atoms with E-state index in [1.54, 1.807) is 13.8 Å². The number of hydrogen-bond acceptors (Lipinski definition) is 3. The molecule has 1 aromatic carbocycles. The molecule has 3 nitrogen and oxygen atoms in total. The first-order valence-electron chi connectivity index (χ1n) is 4.20. The third-order valence-corrected chi connectivity index (χ3v) is 1.86. The highest BCUT2D eigenvalue weighted by atomic mass is 19.1. The van der Waals surface area contributed by atoms with Crippen molar-refractivity contribution < 1.29 is 18.7 Å². The Morgan fingerprint density at radius 3 is 2.71 bits per heavy atom. The Morgan fingerprint density at radius 1 is 1.29 bits per heavy atom. The van der Waals surface area contributed by atoms with Crippen molar-refractivity contribution in [2.24, 2.45) is 0 Å². The van der Waals surface area contributed by atoms with Crippen molar-refractivity contribution in [1.29, 1.82) is 0 Å². The van der Waals surface area contributed by atoms with Gasteiger partial charge >= 0.3 is 5.97 Å². The van der Waals surface area contributed by atoms with Crippen molar-refractivity contribution in [2.45, 2.75) is 19.6 Å². The molecular formula is C10H9FO3. The fourth-order valence-corrected chi connectivity index (χ4v) is 1.31. The van der Waals surface area contributed by atoms with Crippen LogP contribution in [0.1, 0.15) is 24.2 Å². The van der Waals surface area contributed by atoms with Gasteiger partial charge in [0.1, 0.15) is 17.1 Å². The Morgan fingerprint density at radius 2 is 2.00 bits per heavy atom. The molecular weight excluding hydrogens is 187 g/mol. The number of halogens is 1. The molecule has 1 aliphatic rings. The lowest BCUT2D eigenvalue weighted by Gasteiger charge is -2.31. The molecule has 74 valence electrons. The second-order valence-corrected chi connectivity index (χ2v) is 3.53. The van der Waals surface area contributed by atoms with Crippen LogP contribution in [0, 0.1) is 5.82 Å². The summed E-state index contributed by atoms with van der Waals surface area (Å²) in [5.74, 6) is -1.73. The molecule has 0 bridgehead atoms. The van der Waals surface area contributed by atoms with Crippen LogP contribution in [0.15, 0.2) is 18.2 Å². The molecule has 0 radical (unpaired) electrons. The maximum Gasteiger partial charge on any atom is 0.345 e. The number of carbonyl (C=O) groups excluding carboxylic acids is 1. The highest BCUT2D eigenvalue weighted by Crippen LogP contribution is 2.31. The molecule has 4 heteroatoms. The molecule has 0 N–H and O–H groups in total. The second-order valence-electron chi connectivity index (χ2n) is 3.53. The number of rotatable bonds is 0. The lowest BCUT2D eigenvalue weighted by Crippen LogP contribution is -2.38. The van der Waals surface area contributed by atoms with E-state index in [0.717, 1.165) is 0 Å². The van der Waals surface area contributed by atoms with Crippen molar-refractivity contribution in [3.63, 3.8) is 0 Å². The van der Waals surface area contributed by atoms with Gasteiger partial charge in [0.25, 0.3) is 0 Å². The van der Waals surface area contributed by atoms with Crippen LogP contribution >= 0.6 is 0 Å². The van der Waals surface area contributed by atoms with E-state index in [1.807, 2.05) is 0 Å². The first-order valence-corrected chi connectivity index (χ1v) is 4.20. The lowest BCUT2D eigenvalue weighted by molar-refractivity contribution is -0.127. The first-order chi connectivity index (χ1) is 6.48. The van der Waals surface area contributed by atoms with Crippen LogP contribution in [0.25, 0.3) is 0 Å². The zero-order chi connectivity index (χ0) is 10.3. The van der Waals surface area contributed by atoms with Gasteiger partial charge in [0.2, 0.25) is 5.79 Å². The summed E-state index contributed by atoms with van der Waals surface area (Å²) in [5, 5.41) is 0. The smallest absolute Gasteiger partial charge is 0.345 e. The number of hydrogen-bond donors (Lipinski definition) is 0. The third kappa shape index (κ3) is 1.43. The topological polar surface area (TPSA) is 35.5 Å². The van der Waals surface area contributed by atoms with Crippen LogP contribution in [0.4, 0.5) is 4.39 Å². The van der Waals surface area contributed by atoms with Gasteiger partial charge in [0.15, 0.2) is 0 Å². The van der Waals surface area contributed by atoms with E-state index in [-0.39, 0.29) is 11.3 Å². The molecule has 1 aliphatic heterocycles. The number of cyclic esters (lactones) is 1. The summed E-state index contributed by atoms with van der Waals surface area (Å²) in [4.78, 5) is 11.4. The van der Waals surface area contributed by atoms with Gasteiger partial charge in [0.05, 0.1) is 0 Å². The zero-order valence-electron chi connectivity index (χ0n) is 7.83. The summed E-state index contributed by atoms with van der Waals surface area (Å²) >= 11 is 0. The quantitative estimate of drug-likeness (QED) is 0.596. The predicted molar refractivity (Wildman–Crippen MR) is 46.5 cm³/mol. The maximum atomic E-state index is 12.8. The standard InChI is InChI=1S/C10H9FO3/c1-10(2)13-8-5-6(11)3-4-7(8)9(12)14-10/h3-5H,1-2H3. The summed E-state index contributed by atoms with van der Waals surface area (Å²) in [6, 6.07) is 3.72. The van der Waals surface area contributed by atoms with Gasteiger partial charge in [-0.15, -0.1) is 0 Å². The Kier molecular flexibility index (Phi) is 1.74. The van der Waals surface area contributed by atoms with E-state index in [0.29, 0.717) is 0 Å². The number of fused-ring (bicyclic) bond motifs is 1. The summed E-state index contributed by atoms with van der Waals surface area (Å²) < 4.78 is 23.1. The summed E-state index contributed by atoms with van der Waals surface area (Å²) in [7, 11) is 0. The Balaban J connectivity index is 2.51. The van der Waals surface area contributed by atoms with E-state index >= 15 is 0 Å². The van der Waals surface area contributed by atoms with Crippen LogP contribution < -0.4 is 4.74 Å². The second kappa shape index (κ2) is 2.70. The highest BCUT2D eigenvalue weighted by Gasteiger charge is 2.33. The molecule has 0 aromatic heterocycles. The van der Waals surface area contributed by atoms with Crippen molar-refractivity contribution in [3.05, 3.63) is 29.6 Å². The molecule has 1 aromatic rings. The largest absolute Gasteiger partial charge is 0.452 e. The minimum Gasteiger partial charge on any atom is -0.452 e. The van der Waals surface area contributed by atoms with Gasteiger partial charge in [-0.25, -0.2) is 9.18 Å². The Labute approximate surface area is 80.4 Å². The van der Waals surface area contributed by atoms with Gasteiger partial charge < -0.3 is 9.47 Å². The van der Waals surface area contributed by atoms with Crippen molar-refractivity contribution >= 4 is 5.97 Å². The van der Waals surface area contributed by atoms with Crippen molar-refractivity contribution in [1.82, 2.24) is 0 Å². The van der Waals surface area contributed by atoms with Gasteiger partial charge in [-0.3, -0.25) is 0 Å². The van der Waals surface area contributed by atoms with Gasteiger partial charge in [-0.05, 0) is 12.1 Å². The summed E-state index contributed by atoms with van der Waals surface area (Å²) in [6.07, 6.45) is 0. The number of ether oxygens (including phenoxy) is 2. The lowest BCUT2D eigenvalue weighted by atomic mass is 10.1. The molecule has 0 aliphatic carbocycles. The summed E-state index contributed by atoms with van der Waals surface area (Å²) in [6.45, 7) is 3.19. The van der Waals surface area contributed by atoms with E-state index < -0.39 is 17.6 Å². The van der Waals surface area contributed by atoms with Crippen LogP contribution in [0.3, 0.4) is 0 Å². The Bertz CT molecular complexity index is 398. The van der Waals surface area contributed by atoms with Gasteiger partial charge in [-0.1, -0.05) is 0 Å². The molecule has 0 fully saturated rings. The number of benzene rings is 1. The van der Waals surface area contributed by atoms with Crippen LogP contribution in [-0.2, 0) is 4.74 Å².